The van der Waals surface area contributed by atoms with Crippen molar-refractivity contribution in [1.29, 1.82) is 0 Å². The van der Waals surface area contributed by atoms with Gasteiger partial charge in [-0.15, -0.1) is 0 Å². The first-order valence-electron chi connectivity index (χ1n) is 16.8. The Morgan fingerprint density at radius 2 is 0.975 bits per heavy atom. The second kappa shape index (κ2) is 9.87. The Balaban J connectivity index is 1.13. The fourth-order valence-corrected chi connectivity index (χ4v) is 11.8. The van der Waals surface area contributed by atoms with Crippen LogP contribution in [0.15, 0.2) is 24.3 Å². The summed E-state index contributed by atoms with van der Waals surface area (Å²) in [6.45, 7) is 5.46. The molecule has 1 aromatic carbocycles. The zero-order valence-corrected chi connectivity index (χ0v) is 25.0. The van der Waals surface area contributed by atoms with Crippen LogP contribution in [0.1, 0.15) is 128 Å². The summed E-state index contributed by atoms with van der Waals surface area (Å²) in [5.41, 5.74) is 2.63. The van der Waals surface area contributed by atoms with Crippen molar-refractivity contribution in [1.82, 2.24) is 0 Å². The van der Waals surface area contributed by atoms with Gasteiger partial charge in [-0.2, -0.15) is 0 Å². The van der Waals surface area contributed by atoms with E-state index in [1.807, 2.05) is 0 Å². The van der Waals surface area contributed by atoms with Crippen LogP contribution >= 0.6 is 0 Å². The van der Waals surface area contributed by atoms with E-state index in [0.717, 1.165) is 64.2 Å². The summed E-state index contributed by atoms with van der Waals surface area (Å²) in [6.07, 6.45) is 17.7. The lowest BCUT2D eigenvalue weighted by Crippen LogP contribution is -2.57. The van der Waals surface area contributed by atoms with E-state index in [1.54, 1.807) is 0 Å². The monoisotopic (exact) mass is 546 g/mol. The maximum Gasteiger partial charge on any atom is 0.312 e. The molecule has 8 saturated carbocycles. The van der Waals surface area contributed by atoms with Gasteiger partial charge < -0.3 is 9.47 Å². The van der Waals surface area contributed by atoms with Gasteiger partial charge >= 0.3 is 11.9 Å². The molecule has 1 aromatic rings. The minimum atomic E-state index is -0.263. The highest BCUT2D eigenvalue weighted by Gasteiger charge is 2.63. The first-order chi connectivity index (χ1) is 19.3. The molecule has 40 heavy (non-hydrogen) atoms. The van der Waals surface area contributed by atoms with Gasteiger partial charge in [0, 0.05) is 0 Å². The normalized spacial score (nSPS) is 42.2. The molecule has 8 aliphatic carbocycles. The Kier molecular flexibility index (Phi) is 6.67. The first kappa shape index (κ1) is 27.0. The van der Waals surface area contributed by atoms with Crippen molar-refractivity contribution in [2.75, 3.05) is 13.2 Å². The molecule has 0 aliphatic heterocycles. The summed E-state index contributed by atoms with van der Waals surface area (Å²) < 4.78 is 11.8. The molecule has 4 heteroatoms. The largest absolute Gasteiger partial charge is 0.465 e. The number of unbranched alkanes of at least 4 members (excludes halogenated alkanes) is 2. The van der Waals surface area contributed by atoms with E-state index in [-0.39, 0.29) is 33.6 Å². The molecule has 4 nitrogen and oxygen atoms in total. The van der Waals surface area contributed by atoms with Crippen LogP contribution in [0.2, 0.25) is 0 Å². The van der Waals surface area contributed by atoms with Crippen LogP contribution in [0.5, 0.6) is 0 Å². The quantitative estimate of drug-likeness (QED) is 0.220. The van der Waals surface area contributed by atoms with Crippen molar-refractivity contribution in [2.24, 2.45) is 34.5 Å². The Hall–Kier alpha value is -1.84. The van der Waals surface area contributed by atoms with Gasteiger partial charge in [-0.3, -0.25) is 9.59 Å². The first-order valence-corrected chi connectivity index (χ1v) is 16.8. The Morgan fingerprint density at radius 3 is 1.30 bits per heavy atom. The van der Waals surface area contributed by atoms with E-state index in [4.69, 9.17) is 9.47 Å². The van der Waals surface area contributed by atoms with Gasteiger partial charge in [0.2, 0.25) is 0 Å². The Bertz CT molecular complexity index is 1020. The maximum absolute atomic E-state index is 13.5. The zero-order valence-electron chi connectivity index (χ0n) is 25.0. The molecule has 0 heterocycles. The molecule has 0 aromatic heterocycles. The number of rotatable bonds is 10. The Morgan fingerprint density at radius 1 is 0.625 bits per heavy atom. The minimum Gasteiger partial charge on any atom is -0.465 e. The van der Waals surface area contributed by atoms with Crippen LogP contribution < -0.4 is 0 Å². The van der Waals surface area contributed by atoms with E-state index < -0.39 is 0 Å². The molecule has 9 rings (SSSR count). The van der Waals surface area contributed by atoms with Gasteiger partial charge in [0.25, 0.3) is 0 Å². The van der Waals surface area contributed by atoms with Gasteiger partial charge in [-0.05, 0) is 136 Å². The van der Waals surface area contributed by atoms with Crippen LogP contribution in [0.25, 0.3) is 0 Å². The van der Waals surface area contributed by atoms with Gasteiger partial charge in [0.05, 0.1) is 24.0 Å². The fraction of sp³-hybridized carbons (Fsp3) is 0.778. The molecule has 0 radical (unpaired) electrons. The van der Waals surface area contributed by atoms with E-state index in [1.165, 1.54) is 49.7 Å². The van der Waals surface area contributed by atoms with E-state index in [0.29, 0.717) is 36.9 Å². The summed E-state index contributed by atoms with van der Waals surface area (Å²) in [6, 6.07) is 9.74. The highest BCUT2D eigenvalue weighted by molar-refractivity contribution is 5.78. The molecule has 8 aliphatic rings. The van der Waals surface area contributed by atoms with Crippen LogP contribution in [0, 0.1) is 34.5 Å². The number of carbonyl (C=O) groups is 2. The van der Waals surface area contributed by atoms with E-state index in [2.05, 4.69) is 38.1 Å². The van der Waals surface area contributed by atoms with Crippen LogP contribution in [0.4, 0.5) is 0 Å². The number of carbonyl (C=O) groups excluding carboxylic acids is 2. The molecule has 0 N–H and O–H groups in total. The lowest BCUT2D eigenvalue weighted by atomic mass is 9.42. The molecule has 8 bridgehead atoms. The summed E-state index contributed by atoms with van der Waals surface area (Å²) in [7, 11) is 0. The summed E-state index contributed by atoms with van der Waals surface area (Å²) in [4.78, 5) is 26.9. The summed E-state index contributed by atoms with van der Waals surface area (Å²) in [5, 5.41) is 0. The van der Waals surface area contributed by atoms with Crippen molar-refractivity contribution in [3.63, 3.8) is 0 Å². The van der Waals surface area contributed by atoms with E-state index >= 15 is 0 Å². The van der Waals surface area contributed by atoms with Crippen molar-refractivity contribution < 1.29 is 19.1 Å². The number of esters is 2. The molecule has 218 valence electrons. The number of benzene rings is 1. The van der Waals surface area contributed by atoms with Crippen LogP contribution in [0.3, 0.4) is 0 Å². The van der Waals surface area contributed by atoms with Crippen molar-refractivity contribution in [3.8, 4) is 0 Å². The minimum absolute atomic E-state index is 0.0979. The van der Waals surface area contributed by atoms with Gasteiger partial charge in [0.1, 0.15) is 0 Å². The lowest BCUT2D eigenvalue weighted by Gasteiger charge is -2.62. The number of hydrogen-bond donors (Lipinski definition) is 0. The lowest BCUT2D eigenvalue weighted by molar-refractivity contribution is -0.174. The average Bonchev–Trinajstić information content (AvgIpc) is 2.92. The smallest absolute Gasteiger partial charge is 0.312 e. The molecule has 8 fully saturated rings. The van der Waals surface area contributed by atoms with Gasteiger partial charge in [0.15, 0.2) is 0 Å². The molecule has 4 unspecified atom stereocenters. The predicted molar refractivity (Wildman–Crippen MR) is 156 cm³/mol. The molecule has 0 saturated heterocycles. The topological polar surface area (TPSA) is 52.6 Å². The maximum atomic E-state index is 13.5. The number of hydrogen-bond acceptors (Lipinski definition) is 4. The number of ether oxygens (including phenoxy) is 2. The van der Waals surface area contributed by atoms with Crippen molar-refractivity contribution >= 4 is 11.9 Å². The predicted octanol–water partition coefficient (Wildman–Crippen LogP) is 8.05. The third-order valence-corrected chi connectivity index (χ3v) is 12.6. The van der Waals surface area contributed by atoms with Gasteiger partial charge in [-0.25, -0.2) is 0 Å². The summed E-state index contributed by atoms with van der Waals surface area (Å²) >= 11 is 0. The zero-order chi connectivity index (χ0) is 27.6. The molecular weight excluding hydrogens is 496 g/mol. The third kappa shape index (κ3) is 4.28. The second-order valence-electron chi connectivity index (χ2n) is 15.6. The second-order valence-corrected chi connectivity index (χ2v) is 15.6. The summed E-state index contributed by atoms with van der Waals surface area (Å²) in [5.74, 6) is 2.81. The molecule has 4 atom stereocenters. The van der Waals surface area contributed by atoms with E-state index in [9.17, 15) is 9.59 Å². The molecule has 0 spiro atoms. The molecule has 0 amide bonds. The Labute approximate surface area is 241 Å². The average molecular weight is 547 g/mol. The highest BCUT2D eigenvalue weighted by atomic mass is 16.5. The SMILES string of the molecule is CCCCOC(=O)C12CC3CC(C1)CC(c1ccc(C45CC6CC(CC(C(=O)OCCCC)(C6)C4)C5)cc1)(C3)C2. The van der Waals surface area contributed by atoms with Crippen LogP contribution in [-0.2, 0) is 29.9 Å². The standard InChI is InChI=1S/C36H50O4/c1-3-5-11-39-31(37)35-19-25-13-26(20-35)16-33(15-25,23-35)29-7-9-30(10-8-29)34-17-27-14-28(18-34)22-36(21-27,24-34)32(38)40-12-6-4-2/h7-10,25-28H,3-6,11-24H2,1-2H3. The third-order valence-electron chi connectivity index (χ3n) is 12.6. The van der Waals surface area contributed by atoms with Crippen LogP contribution in [-0.4, -0.2) is 25.2 Å². The van der Waals surface area contributed by atoms with Crippen molar-refractivity contribution in [3.05, 3.63) is 35.4 Å². The fourth-order valence-electron chi connectivity index (χ4n) is 11.8. The molecular formula is C36H50O4. The van der Waals surface area contributed by atoms with Gasteiger partial charge in [-0.1, -0.05) is 51.0 Å². The van der Waals surface area contributed by atoms with Crippen molar-refractivity contribution in [2.45, 2.75) is 127 Å². The highest BCUT2D eigenvalue weighted by Crippen LogP contribution is 2.68.